The third kappa shape index (κ3) is 3.68. The number of amides is 1. The van der Waals surface area contributed by atoms with E-state index in [0.29, 0.717) is 18.7 Å². The molecule has 0 saturated carbocycles. The van der Waals surface area contributed by atoms with Crippen molar-refractivity contribution in [2.45, 2.75) is 25.6 Å². The highest BCUT2D eigenvalue weighted by atomic mass is 35.5. The zero-order chi connectivity index (χ0) is 13.8. The number of β-lactam (4-membered cyclic amide) rings is 1. The number of thioether (sulfide) groups is 1. The van der Waals surface area contributed by atoms with E-state index in [9.17, 15) is 9.59 Å². The molecule has 1 amide bonds. The lowest BCUT2D eigenvalue weighted by Gasteiger charge is -2.42. The number of hydrogen-bond donors (Lipinski definition) is 0. The highest BCUT2D eigenvalue weighted by Gasteiger charge is 2.43. The molecule has 0 spiro atoms. The number of hydrogen-bond acceptors (Lipinski definition) is 5. The van der Waals surface area contributed by atoms with Crippen molar-refractivity contribution in [3.05, 3.63) is 11.8 Å². The number of carbonyl (C=O) groups is 2. The van der Waals surface area contributed by atoms with Crippen LogP contribution in [0.5, 0.6) is 0 Å². The first-order valence-electron chi connectivity index (χ1n) is 6.70. The third-order valence-electron chi connectivity index (χ3n) is 3.47. The lowest BCUT2D eigenvalue weighted by Crippen LogP contribution is -2.53. The Balaban J connectivity index is 0.00000200. The summed E-state index contributed by atoms with van der Waals surface area (Å²) in [6, 6.07) is 0. The van der Waals surface area contributed by atoms with E-state index in [4.69, 9.17) is 4.74 Å². The van der Waals surface area contributed by atoms with Crippen LogP contribution < -0.4 is 0 Å². The summed E-state index contributed by atoms with van der Waals surface area (Å²) in [7, 11) is 0. The van der Waals surface area contributed by atoms with Gasteiger partial charge in [-0.15, -0.1) is 24.2 Å². The van der Waals surface area contributed by atoms with Gasteiger partial charge in [0.25, 0.3) is 0 Å². The van der Waals surface area contributed by atoms with E-state index in [-0.39, 0.29) is 29.7 Å². The number of carbonyl (C=O) groups excluding carboxylic acids is 2. The lowest BCUT2D eigenvalue weighted by molar-refractivity contribution is -0.149. The molecule has 114 valence electrons. The Kier molecular flexibility index (Phi) is 6.85. The van der Waals surface area contributed by atoms with E-state index in [0.717, 1.165) is 25.4 Å². The van der Waals surface area contributed by atoms with Crippen LogP contribution in [0.1, 0.15) is 20.3 Å². The molecule has 1 atom stereocenters. The number of esters is 1. The minimum atomic E-state index is -0.370. The molecule has 0 aromatic rings. The molecule has 0 aromatic carbocycles. The van der Waals surface area contributed by atoms with Crippen molar-refractivity contribution in [2.24, 2.45) is 0 Å². The molecule has 2 aliphatic heterocycles. The van der Waals surface area contributed by atoms with Crippen molar-refractivity contribution in [2.75, 3.05) is 32.0 Å². The smallest absolute Gasteiger partial charge is 0.354 e. The molecule has 1 fully saturated rings. The van der Waals surface area contributed by atoms with Gasteiger partial charge in [0, 0.05) is 12.3 Å². The molecule has 1 unspecified atom stereocenters. The number of nitrogens with zero attached hydrogens (tertiary/aromatic N) is 2. The Labute approximate surface area is 130 Å². The zero-order valence-electron chi connectivity index (χ0n) is 11.8. The summed E-state index contributed by atoms with van der Waals surface area (Å²) >= 11 is 1.69. The van der Waals surface area contributed by atoms with Gasteiger partial charge >= 0.3 is 5.97 Å². The number of halogens is 1. The maximum atomic E-state index is 12.0. The second-order valence-electron chi connectivity index (χ2n) is 4.51. The molecule has 0 radical (unpaired) electrons. The Morgan fingerprint density at radius 2 is 2.20 bits per heavy atom. The summed E-state index contributed by atoms with van der Waals surface area (Å²) < 4.78 is 5.26. The predicted octanol–water partition coefficient (Wildman–Crippen LogP) is 1.48. The second kappa shape index (κ2) is 7.90. The van der Waals surface area contributed by atoms with Crippen LogP contribution in [-0.4, -0.2) is 59.0 Å². The summed E-state index contributed by atoms with van der Waals surface area (Å²) in [5.74, 6) is 0.421. The number of likely N-dealkylation sites (N-methyl/N-ethyl adjacent to an activating group) is 1. The van der Waals surface area contributed by atoms with Crippen LogP contribution in [0, 0.1) is 0 Å². The molecule has 0 N–H and O–H groups in total. The van der Waals surface area contributed by atoms with Crippen LogP contribution in [-0.2, 0) is 14.3 Å². The van der Waals surface area contributed by atoms with Gasteiger partial charge < -0.3 is 9.64 Å². The number of fused-ring (bicyclic) bond motifs is 1. The standard InChI is InChI=1S/C13H20N2O3S.ClH/c1-3-14(4-2)6-7-18-13(17)10-5-8-19-12-9-11(16)15(10)12;/h5,12H,3-4,6-9H2,1-2H3;1H. The summed E-state index contributed by atoms with van der Waals surface area (Å²) in [6.07, 6.45) is 2.33. The molecular weight excluding hydrogens is 300 g/mol. The van der Waals surface area contributed by atoms with Crippen LogP contribution in [0.2, 0.25) is 0 Å². The largest absolute Gasteiger partial charge is 0.460 e. The molecule has 2 heterocycles. The molecule has 5 nitrogen and oxygen atoms in total. The Hall–Kier alpha value is -0.720. The Morgan fingerprint density at radius 3 is 2.80 bits per heavy atom. The number of ether oxygens (including phenoxy) is 1. The average Bonchev–Trinajstić information content (AvgIpc) is 2.41. The summed E-state index contributed by atoms with van der Waals surface area (Å²) in [4.78, 5) is 27.2. The van der Waals surface area contributed by atoms with Gasteiger partial charge in [-0.3, -0.25) is 9.69 Å². The van der Waals surface area contributed by atoms with Crippen molar-refractivity contribution in [3.63, 3.8) is 0 Å². The van der Waals surface area contributed by atoms with E-state index in [1.807, 2.05) is 0 Å². The fourth-order valence-electron chi connectivity index (χ4n) is 2.21. The maximum Gasteiger partial charge on any atom is 0.354 e. The van der Waals surface area contributed by atoms with Gasteiger partial charge in [-0.25, -0.2) is 4.79 Å². The van der Waals surface area contributed by atoms with Gasteiger partial charge in [0.05, 0.1) is 11.8 Å². The molecule has 2 aliphatic rings. The van der Waals surface area contributed by atoms with Crippen molar-refractivity contribution < 1.29 is 14.3 Å². The Bertz CT molecular complexity index is 399. The summed E-state index contributed by atoms with van der Waals surface area (Å²) in [5.41, 5.74) is 0.430. The van der Waals surface area contributed by atoms with Crippen LogP contribution in [0.25, 0.3) is 0 Å². The molecule has 20 heavy (non-hydrogen) atoms. The van der Waals surface area contributed by atoms with Crippen LogP contribution >= 0.6 is 24.2 Å². The van der Waals surface area contributed by atoms with Crippen LogP contribution in [0.3, 0.4) is 0 Å². The molecule has 0 bridgehead atoms. The minimum absolute atomic E-state index is 0. The predicted molar refractivity (Wildman–Crippen MR) is 81.8 cm³/mol. The van der Waals surface area contributed by atoms with E-state index < -0.39 is 0 Å². The fraction of sp³-hybridized carbons (Fsp3) is 0.692. The van der Waals surface area contributed by atoms with Gasteiger partial charge in [0.1, 0.15) is 12.3 Å². The molecular formula is C13H21ClN2O3S. The average molecular weight is 321 g/mol. The van der Waals surface area contributed by atoms with Crippen LogP contribution in [0.4, 0.5) is 0 Å². The highest BCUT2D eigenvalue weighted by Crippen LogP contribution is 2.37. The second-order valence-corrected chi connectivity index (χ2v) is 5.72. The topological polar surface area (TPSA) is 49.9 Å². The van der Waals surface area contributed by atoms with Gasteiger partial charge in [0.15, 0.2) is 0 Å². The quantitative estimate of drug-likeness (QED) is 0.548. The third-order valence-corrected chi connectivity index (χ3v) is 4.60. The molecule has 0 aliphatic carbocycles. The van der Waals surface area contributed by atoms with E-state index in [2.05, 4.69) is 18.7 Å². The fourth-order valence-corrected chi connectivity index (χ4v) is 3.33. The van der Waals surface area contributed by atoms with Gasteiger partial charge in [0.2, 0.25) is 5.91 Å². The molecule has 1 saturated heterocycles. The first kappa shape index (κ1) is 17.3. The number of rotatable bonds is 6. The van der Waals surface area contributed by atoms with Crippen molar-refractivity contribution in [1.29, 1.82) is 0 Å². The first-order valence-corrected chi connectivity index (χ1v) is 7.75. The van der Waals surface area contributed by atoms with E-state index >= 15 is 0 Å². The molecule has 2 rings (SSSR count). The summed E-state index contributed by atoms with van der Waals surface area (Å²) in [5, 5.41) is 0.142. The van der Waals surface area contributed by atoms with Crippen molar-refractivity contribution in [3.8, 4) is 0 Å². The SMILES string of the molecule is CCN(CC)CCOC(=O)C1=CCSC2CC(=O)N12.Cl. The van der Waals surface area contributed by atoms with Gasteiger partial charge in [-0.2, -0.15) is 0 Å². The van der Waals surface area contributed by atoms with E-state index in [1.165, 1.54) is 0 Å². The lowest BCUT2D eigenvalue weighted by atomic mass is 10.1. The van der Waals surface area contributed by atoms with Gasteiger partial charge in [-0.1, -0.05) is 13.8 Å². The first-order chi connectivity index (χ1) is 9.17. The van der Waals surface area contributed by atoms with E-state index in [1.54, 1.807) is 22.7 Å². The zero-order valence-corrected chi connectivity index (χ0v) is 13.5. The van der Waals surface area contributed by atoms with Crippen molar-refractivity contribution in [1.82, 2.24) is 9.80 Å². The summed E-state index contributed by atoms with van der Waals surface area (Å²) in [6.45, 7) is 7.15. The highest BCUT2D eigenvalue weighted by molar-refractivity contribution is 8.00. The molecule has 0 aromatic heterocycles. The normalized spacial score (nSPS) is 20.8. The Morgan fingerprint density at radius 1 is 1.50 bits per heavy atom. The minimum Gasteiger partial charge on any atom is -0.460 e. The van der Waals surface area contributed by atoms with Crippen LogP contribution in [0.15, 0.2) is 11.8 Å². The molecule has 7 heteroatoms. The maximum absolute atomic E-state index is 12.0. The monoisotopic (exact) mass is 320 g/mol. The van der Waals surface area contributed by atoms with Gasteiger partial charge in [-0.05, 0) is 19.2 Å². The van der Waals surface area contributed by atoms with Crippen molar-refractivity contribution >= 4 is 36.0 Å².